The third-order valence-corrected chi connectivity index (χ3v) is 2.78. The highest BCUT2D eigenvalue weighted by Gasteiger charge is 2.27. The highest BCUT2D eigenvalue weighted by molar-refractivity contribution is 9.10. The predicted molar refractivity (Wildman–Crippen MR) is 50.8 cm³/mol. The number of hydrogen-bond acceptors (Lipinski definition) is 2. The van der Waals surface area contributed by atoms with Gasteiger partial charge in [0.25, 0.3) is 0 Å². The van der Waals surface area contributed by atoms with Crippen LogP contribution in [0.3, 0.4) is 0 Å². The number of fused-ring (bicyclic) bond motifs is 1. The fourth-order valence-electron chi connectivity index (χ4n) is 1.62. The number of benzene rings is 1. The maximum Gasteiger partial charge on any atom is 0.0947 e. The maximum atomic E-state index is 9.63. The molecule has 0 saturated heterocycles. The summed E-state index contributed by atoms with van der Waals surface area (Å²) in [6, 6.07) is 5.79. The molecule has 3 N–H and O–H groups in total. The maximum absolute atomic E-state index is 9.63. The van der Waals surface area contributed by atoms with Crippen molar-refractivity contribution in [2.45, 2.75) is 18.6 Å². The van der Waals surface area contributed by atoms with Crippen molar-refractivity contribution in [2.24, 2.45) is 5.73 Å². The highest BCUT2D eigenvalue weighted by Crippen LogP contribution is 2.31. The van der Waals surface area contributed by atoms with Crippen LogP contribution in [0.25, 0.3) is 0 Å². The predicted octanol–water partition coefficient (Wildman–Crippen LogP) is 1.37. The Morgan fingerprint density at radius 2 is 2.25 bits per heavy atom. The Labute approximate surface area is 79.5 Å². The molecule has 0 amide bonds. The van der Waals surface area contributed by atoms with Crippen LogP contribution in [0.4, 0.5) is 0 Å². The van der Waals surface area contributed by atoms with Gasteiger partial charge in [-0.25, -0.2) is 0 Å². The van der Waals surface area contributed by atoms with Gasteiger partial charge in [0.15, 0.2) is 0 Å². The van der Waals surface area contributed by atoms with E-state index in [2.05, 4.69) is 15.9 Å². The van der Waals surface area contributed by atoms with E-state index in [1.165, 1.54) is 5.56 Å². The summed E-state index contributed by atoms with van der Waals surface area (Å²) in [5, 5.41) is 9.63. The van der Waals surface area contributed by atoms with E-state index < -0.39 is 6.10 Å². The Morgan fingerprint density at radius 3 is 3.00 bits per heavy atom. The average Bonchev–Trinajstić information content (AvgIpc) is 2.31. The van der Waals surface area contributed by atoms with Gasteiger partial charge in [-0.2, -0.15) is 0 Å². The second-order valence-electron chi connectivity index (χ2n) is 3.16. The Morgan fingerprint density at radius 1 is 1.50 bits per heavy atom. The fourth-order valence-corrected chi connectivity index (χ4v) is 2.00. The molecule has 0 fully saturated rings. The van der Waals surface area contributed by atoms with Gasteiger partial charge in [-0.15, -0.1) is 0 Å². The van der Waals surface area contributed by atoms with Crippen molar-refractivity contribution in [3.63, 3.8) is 0 Å². The molecule has 0 heterocycles. The minimum Gasteiger partial charge on any atom is -0.387 e. The van der Waals surface area contributed by atoms with E-state index in [0.717, 1.165) is 16.5 Å². The normalized spacial score (nSPS) is 27.2. The zero-order valence-corrected chi connectivity index (χ0v) is 8.08. The summed E-state index contributed by atoms with van der Waals surface area (Å²) in [4.78, 5) is 0. The van der Waals surface area contributed by atoms with Crippen molar-refractivity contribution in [1.29, 1.82) is 0 Å². The van der Waals surface area contributed by atoms with Gasteiger partial charge in [-0.3, -0.25) is 0 Å². The molecule has 1 aromatic carbocycles. The standard InChI is InChI=1S/C9H10BrNO/c10-6-2-1-5-3-8(11)9(12)7(5)4-6/h1-2,4,8-9,12H,3,11H2/t8-,9+/m1/s1. The first-order chi connectivity index (χ1) is 5.68. The van der Waals surface area contributed by atoms with Gasteiger partial charge in [-0.1, -0.05) is 22.0 Å². The van der Waals surface area contributed by atoms with Crippen molar-refractivity contribution in [2.75, 3.05) is 0 Å². The van der Waals surface area contributed by atoms with Gasteiger partial charge in [-0.05, 0) is 29.7 Å². The van der Waals surface area contributed by atoms with E-state index in [-0.39, 0.29) is 6.04 Å². The molecular formula is C9H10BrNO. The molecule has 0 bridgehead atoms. The van der Waals surface area contributed by atoms with Crippen LogP contribution in [0.2, 0.25) is 0 Å². The average molecular weight is 228 g/mol. The lowest BCUT2D eigenvalue weighted by atomic mass is 10.1. The number of aliphatic hydroxyl groups excluding tert-OH is 1. The van der Waals surface area contributed by atoms with E-state index >= 15 is 0 Å². The van der Waals surface area contributed by atoms with Gasteiger partial charge in [0, 0.05) is 10.5 Å². The minimum absolute atomic E-state index is 0.130. The zero-order valence-electron chi connectivity index (χ0n) is 6.50. The van der Waals surface area contributed by atoms with E-state index in [4.69, 9.17) is 5.73 Å². The summed E-state index contributed by atoms with van der Waals surface area (Å²) in [6.07, 6.45) is 0.293. The van der Waals surface area contributed by atoms with Crippen LogP contribution in [-0.4, -0.2) is 11.1 Å². The van der Waals surface area contributed by atoms with E-state index in [1.54, 1.807) is 0 Å². The molecule has 1 aliphatic carbocycles. The number of nitrogens with two attached hydrogens (primary N) is 1. The van der Waals surface area contributed by atoms with Crippen molar-refractivity contribution in [3.05, 3.63) is 33.8 Å². The Bertz CT molecular complexity index is 313. The second-order valence-corrected chi connectivity index (χ2v) is 4.07. The van der Waals surface area contributed by atoms with Gasteiger partial charge < -0.3 is 10.8 Å². The Balaban J connectivity index is 2.48. The molecule has 1 aliphatic rings. The molecule has 0 aromatic heterocycles. The first-order valence-electron chi connectivity index (χ1n) is 3.90. The van der Waals surface area contributed by atoms with Crippen LogP contribution in [0.5, 0.6) is 0 Å². The van der Waals surface area contributed by atoms with Crippen molar-refractivity contribution in [1.82, 2.24) is 0 Å². The minimum atomic E-state index is -0.488. The third kappa shape index (κ3) is 1.18. The number of halogens is 1. The quantitative estimate of drug-likeness (QED) is 0.704. The van der Waals surface area contributed by atoms with Crippen LogP contribution >= 0.6 is 15.9 Å². The molecule has 3 heteroatoms. The van der Waals surface area contributed by atoms with Gasteiger partial charge in [0.1, 0.15) is 0 Å². The van der Waals surface area contributed by atoms with Crippen LogP contribution in [0, 0.1) is 0 Å². The molecule has 1 aromatic rings. The number of hydrogen-bond donors (Lipinski definition) is 2. The molecule has 2 nitrogen and oxygen atoms in total. The summed E-state index contributed by atoms with van der Waals surface area (Å²) in [5.74, 6) is 0. The van der Waals surface area contributed by atoms with Gasteiger partial charge in [0.2, 0.25) is 0 Å². The molecule has 12 heavy (non-hydrogen) atoms. The number of rotatable bonds is 0. The van der Waals surface area contributed by atoms with E-state index in [0.29, 0.717) is 0 Å². The SMILES string of the molecule is N[C@@H]1Cc2ccc(Br)cc2[C@@H]1O. The van der Waals surface area contributed by atoms with E-state index in [1.807, 2.05) is 18.2 Å². The second kappa shape index (κ2) is 2.83. The molecule has 2 atom stereocenters. The molecule has 0 spiro atoms. The molecule has 0 radical (unpaired) electrons. The monoisotopic (exact) mass is 227 g/mol. The largest absolute Gasteiger partial charge is 0.387 e. The summed E-state index contributed by atoms with van der Waals surface area (Å²) >= 11 is 3.36. The van der Waals surface area contributed by atoms with E-state index in [9.17, 15) is 5.11 Å². The van der Waals surface area contributed by atoms with Gasteiger partial charge >= 0.3 is 0 Å². The lowest BCUT2D eigenvalue weighted by Crippen LogP contribution is -2.24. The summed E-state index contributed by atoms with van der Waals surface area (Å²) in [5.41, 5.74) is 7.85. The summed E-state index contributed by atoms with van der Waals surface area (Å²) < 4.78 is 0.995. The molecule has 64 valence electrons. The van der Waals surface area contributed by atoms with Crippen molar-refractivity contribution in [3.8, 4) is 0 Å². The van der Waals surface area contributed by atoms with Crippen LogP contribution in [-0.2, 0) is 6.42 Å². The first kappa shape index (κ1) is 8.23. The number of aliphatic hydroxyl groups is 1. The Hall–Kier alpha value is -0.380. The molecule has 2 rings (SSSR count). The lowest BCUT2D eigenvalue weighted by Gasteiger charge is -2.08. The molecular weight excluding hydrogens is 218 g/mol. The summed E-state index contributed by atoms with van der Waals surface area (Å²) in [7, 11) is 0. The highest BCUT2D eigenvalue weighted by atomic mass is 79.9. The summed E-state index contributed by atoms with van der Waals surface area (Å²) in [6.45, 7) is 0. The molecule has 0 unspecified atom stereocenters. The van der Waals surface area contributed by atoms with Crippen LogP contribution < -0.4 is 5.73 Å². The van der Waals surface area contributed by atoms with Crippen molar-refractivity contribution >= 4 is 15.9 Å². The lowest BCUT2D eigenvalue weighted by molar-refractivity contribution is 0.159. The fraction of sp³-hybridized carbons (Fsp3) is 0.333. The smallest absolute Gasteiger partial charge is 0.0947 e. The zero-order chi connectivity index (χ0) is 8.72. The molecule has 0 aliphatic heterocycles. The third-order valence-electron chi connectivity index (χ3n) is 2.29. The Kier molecular flexibility index (Phi) is 1.94. The van der Waals surface area contributed by atoms with Crippen LogP contribution in [0.1, 0.15) is 17.2 Å². The van der Waals surface area contributed by atoms with Gasteiger partial charge in [0.05, 0.1) is 6.10 Å². The topological polar surface area (TPSA) is 46.2 Å². The van der Waals surface area contributed by atoms with Crippen molar-refractivity contribution < 1.29 is 5.11 Å². The van der Waals surface area contributed by atoms with Crippen LogP contribution in [0.15, 0.2) is 22.7 Å². The molecule has 0 saturated carbocycles. The first-order valence-corrected chi connectivity index (χ1v) is 4.70.